The highest BCUT2D eigenvalue weighted by Crippen LogP contribution is 2.32. The van der Waals surface area contributed by atoms with E-state index < -0.39 is 0 Å². The number of aryl methyl sites for hydroxylation is 1. The van der Waals surface area contributed by atoms with Crippen molar-refractivity contribution in [2.24, 2.45) is 0 Å². The van der Waals surface area contributed by atoms with Gasteiger partial charge in [-0.15, -0.1) is 0 Å². The fourth-order valence-electron chi connectivity index (χ4n) is 3.27. The standard InChI is InChI=1S/C21H21FN2O/c1-2-16-3-7-19(8-4-16)23-12-11-17(15-23)21-24(13-14-25-21)20-9-5-18(22)6-10-20/h3-12,15,21H,2,13-14H2,1H3. The molecule has 25 heavy (non-hydrogen) atoms. The van der Waals surface area contributed by atoms with Gasteiger partial charge in [-0.2, -0.15) is 0 Å². The van der Waals surface area contributed by atoms with E-state index in [1.165, 1.54) is 17.7 Å². The fourth-order valence-corrected chi connectivity index (χ4v) is 3.27. The Balaban J connectivity index is 1.58. The molecule has 0 saturated carbocycles. The Hall–Kier alpha value is -2.59. The van der Waals surface area contributed by atoms with Crippen LogP contribution in [-0.2, 0) is 11.2 Å². The molecule has 2 heterocycles. The Bertz CT molecular complexity index is 839. The molecule has 1 saturated heterocycles. The summed E-state index contributed by atoms with van der Waals surface area (Å²) >= 11 is 0. The summed E-state index contributed by atoms with van der Waals surface area (Å²) in [6.45, 7) is 3.62. The van der Waals surface area contributed by atoms with Gasteiger partial charge in [-0.1, -0.05) is 19.1 Å². The second-order valence-corrected chi connectivity index (χ2v) is 6.27. The lowest BCUT2D eigenvalue weighted by Gasteiger charge is -2.24. The maximum absolute atomic E-state index is 13.2. The molecule has 128 valence electrons. The van der Waals surface area contributed by atoms with Gasteiger partial charge in [-0.25, -0.2) is 4.39 Å². The Morgan fingerprint density at radius 3 is 2.44 bits per heavy atom. The highest BCUT2D eigenvalue weighted by Gasteiger charge is 2.27. The van der Waals surface area contributed by atoms with Crippen LogP contribution in [0.5, 0.6) is 0 Å². The summed E-state index contributed by atoms with van der Waals surface area (Å²) < 4.78 is 21.2. The van der Waals surface area contributed by atoms with Crippen LogP contribution in [0.25, 0.3) is 5.69 Å². The molecule has 1 fully saturated rings. The lowest BCUT2D eigenvalue weighted by molar-refractivity contribution is 0.114. The first-order valence-corrected chi connectivity index (χ1v) is 8.65. The molecule has 0 amide bonds. The zero-order valence-corrected chi connectivity index (χ0v) is 14.2. The number of nitrogens with zero attached hydrogens (tertiary/aromatic N) is 2. The van der Waals surface area contributed by atoms with E-state index in [0.29, 0.717) is 6.61 Å². The molecule has 1 atom stereocenters. The molecule has 4 rings (SSSR count). The molecule has 1 aliphatic rings. The lowest BCUT2D eigenvalue weighted by atomic mass is 10.1. The quantitative estimate of drug-likeness (QED) is 0.686. The van der Waals surface area contributed by atoms with Crippen molar-refractivity contribution in [2.75, 3.05) is 18.1 Å². The molecule has 0 spiro atoms. The van der Waals surface area contributed by atoms with Crippen LogP contribution in [-0.4, -0.2) is 17.7 Å². The van der Waals surface area contributed by atoms with Crippen LogP contribution in [0.15, 0.2) is 67.0 Å². The average Bonchev–Trinajstić information content (AvgIpc) is 3.31. The third-order valence-corrected chi connectivity index (χ3v) is 4.69. The Morgan fingerprint density at radius 2 is 1.72 bits per heavy atom. The van der Waals surface area contributed by atoms with Gasteiger partial charge in [0.1, 0.15) is 5.82 Å². The van der Waals surface area contributed by atoms with E-state index >= 15 is 0 Å². The molecular weight excluding hydrogens is 315 g/mol. The van der Waals surface area contributed by atoms with E-state index in [4.69, 9.17) is 4.74 Å². The van der Waals surface area contributed by atoms with Crippen LogP contribution in [0.4, 0.5) is 10.1 Å². The van der Waals surface area contributed by atoms with Crippen LogP contribution in [0.2, 0.25) is 0 Å². The zero-order valence-electron chi connectivity index (χ0n) is 14.2. The number of rotatable bonds is 4. The minimum atomic E-state index is -0.220. The van der Waals surface area contributed by atoms with Crippen molar-refractivity contribution in [3.63, 3.8) is 0 Å². The van der Waals surface area contributed by atoms with Crippen molar-refractivity contribution < 1.29 is 9.13 Å². The predicted octanol–water partition coefficient (Wildman–Crippen LogP) is 4.71. The first kappa shape index (κ1) is 15.9. The number of hydrogen-bond donors (Lipinski definition) is 0. The second-order valence-electron chi connectivity index (χ2n) is 6.27. The summed E-state index contributed by atoms with van der Waals surface area (Å²) in [7, 11) is 0. The highest BCUT2D eigenvalue weighted by molar-refractivity contribution is 5.49. The number of ether oxygens (including phenoxy) is 1. The number of benzene rings is 2. The molecule has 3 nitrogen and oxygen atoms in total. The van der Waals surface area contributed by atoms with Gasteiger partial charge in [0.25, 0.3) is 0 Å². The number of hydrogen-bond acceptors (Lipinski definition) is 2. The van der Waals surface area contributed by atoms with Gasteiger partial charge in [-0.05, 0) is 54.4 Å². The maximum atomic E-state index is 13.2. The Kier molecular flexibility index (Phi) is 4.28. The molecule has 1 aliphatic heterocycles. The topological polar surface area (TPSA) is 17.4 Å². The van der Waals surface area contributed by atoms with E-state index in [2.05, 4.69) is 59.1 Å². The molecule has 1 unspecified atom stereocenters. The normalized spacial score (nSPS) is 17.2. The van der Waals surface area contributed by atoms with E-state index in [0.717, 1.165) is 29.9 Å². The first-order valence-electron chi connectivity index (χ1n) is 8.65. The minimum absolute atomic E-state index is 0.137. The van der Waals surface area contributed by atoms with Crippen LogP contribution in [0, 0.1) is 5.82 Å². The van der Waals surface area contributed by atoms with Crippen LogP contribution in [0.3, 0.4) is 0 Å². The van der Waals surface area contributed by atoms with Gasteiger partial charge >= 0.3 is 0 Å². The molecule has 0 aliphatic carbocycles. The predicted molar refractivity (Wildman–Crippen MR) is 97.6 cm³/mol. The third-order valence-electron chi connectivity index (χ3n) is 4.69. The fraction of sp³-hybridized carbons (Fsp3) is 0.238. The van der Waals surface area contributed by atoms with Crippen molar-refractivity contribution in [3.05, 3.63) is 83.9 Å². The summed E-state index contributed by atoms with van der Waals surface area (Å²) in [6, 6.07) is 17.3. The second kappa shape index (κ2) is 6.73. The molecular formula is C21H21FN2O. The molecule has 4 heteroatoms. The van der Waals surface area contributed by atoms with Gasteiger partial charge in [0, 0.05) is 35.9 Å². The van der Waals surface area contributed by atoms with Crippen molar-refractivity contribution in [3.8, 4) is 5.69 Å². The Labute approximate surface area is 147 Å². The first-order chi connectivity index (χ1) is 12.2. The summed E-state index contributed by atoms with van der Waals surface area (Å²) in [5.74, 6) is -0.220. The van der Waals surface area contributed by atoms with Crippen molar-refractivity contribution >= 4 is 5.69 Å². The molecule has 0 bridgehead atoms. The molecule has 1 aromatic heterocycles. The summed E-state index contributed by atoms with van der Waals surface area (Å²) in [4.78, 5) is 2.17. The number of aromatic nitrogens is 1. The molecule has 0 N–H and O–H groups in total. The van der Waals surface area contributed by atoms with Gasteiger partial charge in [-0.3, -0.25) is 0 Å². The summed E-state index contributed by atoms with van der Waals surface area (Å²) in [5, 5.41) is 0. The van der Waals surface area contributed by atoms with Crippen molar-refractivity contribution in [2.45, 2.75) is 19.6 Å². The Morgan fingerprint density at radius 1 is 1.00 bits per heavy atom. The monoisotopic (exact) mass is 336 g/mol. The largest absolute Gasteiger partial charge is 0.352 e. The molecule has 3 aromatic rings. The lowest BCUT2D eigenvalue weighted by Crippen LogP contribution is -2.22. The van der Waals surface area contributed by atoms with Crippen molar-refractivity contribution in [1.82, 2.24) is 4.57 Å². The van der Waals surface area contributed by atoms with E-state index in [9.17, 15) is 4.39 Å². The SMILES string of the molecule is CCc1ccc(-n2ccc(C3OCCN3c3ccc(F)cc3)c2)cc1. The van der Waals surface area contributed by atoms with E-state index in [1.54, 1.807) is 12.1 Å². The van der Waals surface area contributed by atoms with E-state index in [1.807, 2.05) is 0 Å². The smallest absolute Gasteiger partial charge is 0.158 e. The van der Waals surface area contributed by atoms with Gasteiger partial charge in [0.05, 0.1) is 6.61 Å². The zero-order chi connectivity index (χ0) is 17.2. The van der Waals surface area contributed by atoms with Gasteiger partial charge in [0.15, 0.2) is 6.23 Å². The van der Waals surface area contributed by atoms with Gasteiger partial charge < -0.3 is 14.2 Å². The molecule has 2 aromatic carbocycles. The minimum Gasteiger partial charge on any atom is -0.352 e. The molecule has 0 radical (unpaired) electrons. The van der Waals surface area contributed by atoms with E-state index in [-0.39, 0.29) is 12.0 Å². The van der Waals surface area contributed by atoms with Crippen LogP contribution >= 0.6 is 0 Å². The maximum Gasteiger partial charge on any atom is 0.158 e. The highest BCUT2D eigenvalue weighted by atomic mass is 19.1. The third kappa shape index (κ3) is 3.17. The van der Waals surface area contributed by atoms with Crippen LogP contribution in [0.1, 0.15) is 24.3 Å². The number of halogens is 1. The van der Waals surface area contributed by atoms with Crippen molar-refractivity contribution in [1.29, 1.82) is 0 Å². The van der Waals surface area contributed by atoms with Gasteiger partial charge in [0.2, 0.25) is 0 Å². The summed E-state index contributed by atoms with van der Waals surface area (Å²) in [5.41, 5.74) is 4.54. The number of anilines is 1. The summed E-state index contributed by atoms with van der Waals surface area (Å²) in [6.07, 6.45) is 5.07. The van der Waals surface area contributed by atoms with Crippen LogP contribution < -0.4 is 4.90 Å². The average molecular weight is 336 g/mol.